The molecule has 0 aliphatic rings. The Morgan fingerprint density at radius 3 is 2.82 bits per heavy atom. The maximum absolute atomic E-state index is 13.3. The van der Waals surface area contributed by atoms with E-state index >= 15 is 0 Å². The van der Waals surface area contributed by atoms with Crippen LogP contribution in [0.3, 0.4) is 0 Å². The molecule has 0 unspecified atom stereocenters. The van der Waals surface area contributed by atoms with Gasteiger partial charge in [0.25, 0.3) is 0 Å². The zero-order valence-electron chi connectivity index (χ0n) is 8.99. The molecule has 0 fully saturated rings. The van der Waals surface area contributed by atoms with Crippen molar-refractivity contribution >= 4 is 0 Å². The first-order chi connectivity index (χ1) is 8.19. The Morgan fingerprint density at radius 2 is 2.12 bits per heavy atom. The molecular formula is C11H11F2N3O. The van der Waals surface area contributed by atoms with Gasteiger partial charge in [0, 0.05) is 25.5 Å². The van der Waals surface area contributed by atoms with Crippen molar-refractivity contribution in [3.05, 3.63) is 47.1 Å². The lowest BCUT2D eigenvalue weighted by atomic mass is 10.1. The first-order valence-corrected chi connectivity index (χ1v) is 5.14. The van der Waals surface area contributed by atoms with E-state index in [4.69, 9.17) is 10.3 Å². The third-order valence-electron chi connectivity index (χ3n) is 2.23. The van der Waals surface area contributed by atoms with E-state index in [9.17, 15) is 8.78 Å². The molecule has 0 saturated heterocycles. The van der Waals surface area contributed by atoms with Crippen molar-refractivity contribution in [3.63, 3.8) is 0 Å². The van der Waals surface area contributed by atoms with Gasteiger partial charge >= 0.3 is 0 Å². The maximum Gasteiger partial charge on any atom is 0.227 e. The fraction of sp³-hybridized carbons (Fsp3) is 0.273. The van der Waals surface area contributed by atoms with Gasteiger partial charge in [-0.2, -0.15) is 4.98 Å². The number of aromatic nitrogens is 2. The number of halogens is 2. The number of nitrogens with zero attached hydrogens (tertiary/aromatic N) is 2. The zero-order chi connectivity index (χ0) is 12.3. The minimum atomic E-state index is -0.616. The summed E-state index contributed by atoms with van der Waals surface area (Å²) in [7, 11) is 0. The van der Waals surface area contributed by atoms with E-state index < -0.39 is 11.6 Å². The molecule has 0 spiro atoms. The standard InChI is InChI=1S/C11H11F2N3O/c12-8-2-1-7(9(13)6-8)5-10-15-11(3-4-14)17-16-10/h1-2,6H,3-5,14H2. The predicted octanol–water partition coefficient (Wildman–Crippen LogP) is 1.44. The number of hydrogen-bond donors (Lipinski definition) is 1. The summed E-state index contributed by atoms with van der Waals surface area (Å²) in [5.41, 5.74) is 5.66. The van der Waals surface area contributed by atoms with E-state index in [1.807, 2.05) is 0 Å². The Bertz CT molecular complexity index is 513. The third-order valence-corrected chi connectivity index (χ3v) is 2.23. The van der Waals surface area contributed by atoms with Crippen LogP contribution in [0.4, 0.5) is 8.78 Å². The fourth-order valence-electron chi connectivity index (χ4n) is 1.42. The van der Waals surface area contributed by atoms with Crippen LogP contribution in [0.5, 0.6) is 0 Å². The maximum atomic E-state index is 13.3. The first-order valence-electron chi connectivity index (χ1n) is 5.14. The molecule has 17 heavy (non-hydrogen) atoms. The average Bonchev–Trinajstić information content (AvgIpc) is 2.71. The third kappa shape index (κ3) is 2.85. The number of benzene rings is 1. The summed E-state index contributed by atoms with van der Waals surface area (Å²) in [5.74, 6) is -0.442. The van der Waals surface area contributed by atoms with Gasteiger partial charge in [0.2, 0.25) is 5.89 Å². The van der Waals surface area contributed by atoms with Gasteiger partial charge in [-0.1, -0.05) is 11.2 Å². The molecule has 4 nitrogen and oxygen atoms in total. The largest absolute Gasteiger partial charge is 0.339 e. The molecule has 0 radical (unpaired) electrons. The number of hydrogen-bond acceptors (Lipinski definition) is 4. The van der Waals surface area contributed by atoms with Crippen LogP contribution >= 0.6 is 0 Å². The fourth-order valence-corrected chi connectivity index (χ4v) is 1.42. The van der Waals surface area contributed by atoms with Crippen molar-refractivity contribution in [1.82, 2.24) is 10.1 Å². The molecule has 0 atom stereocenters. The van der Waals surface area contributed by atoms with Crippen LogP contribution in [0.2, 0.25) is 0 Å². The second-order valence-corrected chi connectivity index (χ2v) is 3.56. The Morgan fingerprint density at radius 1 is 1.29 bits per heavy atom. The van der Waals surface area contributed by atoms with E-state index in [0.717, 1.165) is 6.07 Å². The highest BCUT2D eigenvalue weighted by atomic mass is 19.1. The molecule has 90 valence electrons. The lowest BCUT2D eigenvalue weighted by Crippen LogP contribution is -2.03. The Kier molecular flexibility index (Phi) is 3.43. The molecule has 6 heteroatoms. The second-order valence-electron chi connectivity index (χ2n) is 3.56. The molecule has 0 bridgehead atoms. The second kappa shape index (κ2) is 5.01. The average molecular weight is 239 g/mol. The molecule has 1 aromatic heterocycles. The van der Waals surface area contributed by atoms with Gasteiger partial charge in [-0.3, -0.25) is 0 Å². The lowest BCUT2D eigenvalue weighted by molar-refractivity contribution is 0.375. The quantitative estimate of drug-likeness (QED) is 0.876. The summed E-state index contributed by atoms with van der Waals surface area (Å²) in [6.07, 6.45) is 0.652. The first kappa shape index (κ1) is 11.7. The monoisotopic (exact) mass is 239 g/mol. The summed E-state index contributed by atoms with van der Waals surface area (Å²) in [6, 6.07) is 3.39. The molecule has 0 amide bonds. The van der Waals surface area contributed by atoms with Gasteiger partial charge in [0.05, 0.1) is 0 Å². The normalized spacial score (nSPS) is 10.8. The zero-order valence-corrected chi connectivity index (χ0v) is 8.99. The predicted molar refractivity (Wildman–Crippen MR) is 56.2 cm³/mol. The highest BCUT2D eigenvalue weighted by molar-refractivity contribution is 5.21. The van der Waals surface area contributed by atoms with Crippen LogP contribution in [-0.4, -0.2) is 16.7 Å². The smallest absolute Gasteiger partial charge is 0.227 e. The summed E-state index contributed by atoms with van der Waals surface area (Å²) >= 11 is 0. The van der Waals surface area contributed by atoms with Gasteiger partial charge in [0.1, 0.15) is 11.6 Å². The highest BCUT2D eigenvalue weighted by Crippen LogP contribution is 2.13. The van der Waals surface area contributed by atoms with Gasteiger partial charge in [-0.15, -0.1) is 0 Å². The summed E-state index contributed by atoms with van der Waals surface area (Å²) in [5, 5.41) is 3.69. The number of rotatable bonds is 4. The SMILES string of the molecule is NCCc1nc(Cc2ccc(F)cc2F)no1. The lowest BCUT2D eigenvalue weighted by Gasteiger charge is -1.98. The van der Waals surface area contributed by atoms with Crippen LogP contribution in [0, 0.1) is 11.6 Å². The van der Waals surface area contributed by atoms with Crippen LogP contribution in [0.25, 0.3) is 0 Å². The van der Waals surface area contributed by atoms with Gasteiger partial charge in [-0.05, 0) is 11.6 Å². The Balaban J connectivity index is 2.13. The Hall–Kier alpha value is -1.82. The molecule has 0 aliphatic carbocycles. The van der Waals surface area contributed by atoms with Gasteiger partial charge < -0.3 is 10.3 Å². The molecule has 1 aromatic carbocycles. The molecule has 2 rings (SSSR count). The van der Waals surface area contributed by atoms with Crippen LogP contribution in [0.1, 0.15) is 17.3 Å². The summed E-state index contributed by atoms with van der Waals surface area (Å²) in [4.78, 5) is 4.04. The van der Waals surface area contributed by atoms with Crippen molar-refractivity contribution in [1.29, 1.82) is 0 Å². The van der Waals surface area contributed by atoms with Crippen molar-refractivity contribution in [2.24, 2.45) is 5.73 Å². The van der Waals surface area contributed by atoms with Crippen molar-refractivity contribution in [2.75, 3.05) is 6.54 Å². The Labute approximate surface area is 96.4 Å². The van der Waals surface area contributed by atoms with Crippen LogP contribution < -0.4 is 5.73 Å². The molecule has 0 saturated carbocycles. The number of nitrogens with two attached hydrogens (primary N) is 1. The van der Waals surface area contributed by atoms with E-state index in [-0.39, 0.29) is 6.42 Å². The van der Waals surface area contributed by atoms with E-state index in [1.54, 1.807) is 0 Å². The van der Waals surface area contributed by atoms with Crippen LogP contribution in [-0.2, 0) is 12.8 Å². The highest BCUT2D eigenvalue weighted by Gasteiger charge is 2.10. The summed E-state index contributed by atoms with van der Waals surface area (Å²) in [6.45, 7) is 0.409. The minimum absolute atomic E-state index is 0.167. The molecule has 2 N–H and O–H groups in total. The minimum Gasteiger partial charge on any atom is -0.339 e. The van der Waals surface area contributed by atoms with Crippen molar-refractivity contribution in [3.8, 4) is 0 Å². The molecule has 2 aromatic rings. The molecular weight excluding hydrogens is 228 g/mol. The van der Waals surface area contributed by atoms with Crippen LogP contribution in [0.15, 0.2) is 22.7 Å². The van der Waals surface area contributed by atoms with Crippen molar-refractivity contribution < 1.29 is 13.3 Å². The van der Waals surface area contributed by atoms with Gasteiger partial charge in [-0.25, -0.2) is 8.78 Å². The topological polar surface area (TPSA) is 64.9 Å². The van der Waals surface area contributed by atoms with Crippen molar-refractivity contribution in [2.45, 2.75) is 12.8 Å². The summed E-state index contributed by atoms with van der Waals surface area (Å²) < 4.78 is 30.9. The van der Waals surface area contributed by atoms with Gasteiger partial charge in [0.15, 0.2) is 5.82 Å². The molecule has 0 aliphatic heterocycles. The van der Waals surface area contributed by atoms with E-state index in [0.29, 0.717) is 30.2 Å². The van der Waals surface area contributed by atoms with E-state index in [1.165, 1.54) is 12.1 Å². The van der Waals surface area contributed by atoms with E-state index in [2.05, 4.69) is 10.1 Å². The molecule has 1 heterocycles.